The van der Waals surface area contributed by atoms with Crippen LogP contribution in [0.1, 0.15) is 11.1 Å². The zero-order chi connectivity index (χ0) is 19.5. The molecule has 0 saturated carbocycles. The fraction of sp³-hybridized carbons (Fsp3) is 0.278. The molecule has 0 aliphatic carbocycles. The molecule has 0 aromatic heterocycles. The average molecular weight is 396 g/mol. The predicted molar refractivity (Wildman–Crippen MR) is 97.6 cm³/mol. The van der Waals surface area contributed by atoms with Crippen LogP contribution in [0.3, 0.4) is 0 Å². The quantitative estimate of drug-likeness (QED) is 0.769. The van der Waals surface area contributed by atoms with Crippen molar-refractivity contribution in [2.45, 2.75) is 23.6 Å². The second-order valence-corrected chi connectivity index (χ2v) is 10.3. The Balaban J connectivity index is 2.27. The largest absolute Gasteiger partial charge is 0.481 e. The van der Waals surface area contributed by atoms with Gasteiger partial charge < -0.3 is 5.11 Å². The van der Waals surface area contributed by atoms with Gasteiger partial charge in [-0.1, -0.05) is 35.4 Å². The molecule has 140 valence electrons. The van der Waals surface area contributed by atoms with Gasteiger partial charge in [0.25, 0.3) is 0 Å². The molecule has 0 spiro atoms. The molecule has 2 rings (SSSR count). The molecule has 0 heterocycles. The number of carboxylic acid groups (broad SMARTS) is 1. The molecule has 26 heavy (non-hydrogen) atoms. The number of carboxylic acids is 1. The van der Waals surface area contributed by atoms with Crippen molar-refractivity contribution in [3.8, 4) is 0 Å². The lowest BCUT2D eigenvalue weighted by Gasteiger charge is -2.14. The number of rotatable bonds is 7. The van der Waals surface area contributed by atoms with Crippen molar-refractivity contribution in [3.63, 3.8) is 0 Å². The summed E-state index contributed by atoms with van der Waals surface area (Å²) in [7, 11) is -7.86. The number of sulfone groups is 2. The lowest BCUT2D eigenvalue weighted by molar-refractivity contribution is -0.140. The number of hydrogen-bond acceptors (Lipinski definition) is 5. The second kappa shape index (κ2) is 7.59. The van der Waals surface area contributed by atoms with E-state index < -0.39 is 43.1 Å². The van der Waals surface area contributed by atoms with Crippen LogP contribution >= 0.6 is 0 Å². The zero-order valence-corrected chi connectivity index (χ0v) is 16.0. The van der Waals surface area contributed by atoms with E-state index in [1.165, 1.54) is 24.3 Å². The van der Waals surface area contributed by atoms with Gasteiger partial charge in [0.2, 0.25) is 0 Å². The van der Waals surface area contributed by atoms with Crippen LogP contribution in [0.4, 0.5) is 0 Å². The number of benzene rings is 2. The number of aliphatic carboxylic acids is 1. The molecule has 0 atom stereocenters. The molecule has 0 amide bonds. The predicted octanol–water partition coefficient (Wildman–Crippen LogP) is 2.25. The monoisotopic (exact) mass is 396 g/mol. The zero-order valence-electron chi connectivity index (χ0n) is 14.4. The first kappa shape index (κ1) is 20.1. The van der Waals surface area contributed by atoms with Crippen molar-refractivity contribution in [1.82, 2.24) is 0 Å². The first-order valence-electron chi connectivity index (χ1n) is 7.83. The Morgan fingerprint density at radius 3 is 1.35 bits per heavy atom. The van der Waals surface area contributed by atoms with Gasteiger partial charge in [-0.15, -0.1) is 0 Å². The van der Waals surface area contributed by atoms with Gasteiger partial charge in [-0.05, 0) is 38.1 Å². The summed E-state index contributed by atoms with van der Waals surface area (Å²) in [6.45, 7) is 3.59. The van der Waals surface area contributed by atoms with E-state index in [-0.39, 0.29) is 9.79 Å². The molecule has 2 aromatic rings. The Labute approximate surface area is 153 Å². The summed E-state index contributed by atoms with van der Waals surface area (Å²) >= 11 is 0. The topological polar surface area (TPSA) is 106 Å². The Morgan fingerprint density at radius 1 is 0.769 bits per heavy atom. The Kier molecular flexibility index (Phi) is 5.87. The van der Waals surface area contributed by atoms with Crippen molar-refractivity contribution in [2.75, 3.05) is 11.5 Å². The summed E-state index contributed by atoms with van der Waals surface area (Å²) in [6.07, 6.45) is 0. The van der Waals surface area contributed by atoms with Crippen molar-refractivity contribution >= 4 is 25.6 Å². The van der Waals surface area contributed by atoms with Crippen LogP contribution in [0.15, 0.2) is 58.3 Å². The minimum Gasteiger partial charge on any atom is -0.481 e. The van der Waals surface area contributed by atoms with E-state index in [1.807, 2.05) is 0 Å². The molecule has 0 fully saturated rings. The third-order valence-corrected chi connectivity index (χ3v) is 7.61. The van der Waals surface area contributed by atoms with Gasteiger partial charge in [-0.3, -0.25) is 4.79 Å². The highest BCUT2D eigenvalue weighted by Crippen LogP contribution is 2.20. The molecule has 6 nitrogen and oxygen atoms in total. The fourth-order valence-electron chi connectivity index (χ4n) is 2.40. The van der Waals surface area contributed by atoms with E-state index >= 15 is 0 Å². The molecule has 1 N–H and O–H groups in total. The van der Waals surface area contributed by atoms with Gasteiger partial charge in [0.1, 0.15) is 0 Å². The van der Waals surface area contributed by atoms with Gasteiger partial charge in [-0.2, -0.15) is 0 Å². The van der Waals surface area contributed by atoms with E-state index in [1.54, 1.807) is 38.1 Å². The highest BCUT2D eigenvalue weighted by atomic mass is 32.2. The van der Waals surface area contributed by atoms with Crippen molar-refractivity contribution in [3.05, 3.63) is 59.7 Å². The lowest BCUT2D eigenvalue weighted by atomic mass is 10.2. The van der Waals surface area contributed by atoms with Crippen LogP contribution in [-0.4, -0.2) is 39.4 Å². The summed E-state index contributed by atoms with van der Waals surface area (Å²) in [4.78, 5) is 11.4. The first-order valence-corrected chi connectivity index (χ1v) is 11.1. The van der Waals surface area contributed by atoms with E-state index in [0.717, 1.165) is 11.1 Å². The molecule has 0 saturated heterocycles. The van der Waals surface area contributed by atoms with Gasteiger partial charge >= 0.3 is 5.97 Å². The molecule has 2 aromatic carbocycles. The van der Waals surface area contributed by atoms with Crippen LogP contribution in [0.5, 0.6) is 0 Å². The first-order chi connectivity index (χ1) is 12.0. The SMILES string of the molecule is Cc1ccc(S(=O)(=O)CC(CS(=O)(=O)c2ccc(C)cc2)C(=O)O)cc1. The number of aryl methyl sites for hydroxylation is 2. The lowest BCUT2D eigenvalue weighted by Crippen LogP contribution is -2.30. The molecule has 0 unspecified atom stereocenters. The number of hydrogen-bond donors (Lipinski definition) is 1. The van der Waals surface area contributed by atoms with Gasteiger partial charge in [0.15, 0.2) is 19.7 Å². The highest BCUT2D eigenvalue weighted by Gasteiger charge is 2.31. The molecule has 0 aliphatic heterocycles. The maximum Gasteiger partial charge on any atom is 0.308 e. The summed E-state index contributed by atoms with van der Waals surface area (Å²) in [5.41, 5.74) is 1.72. The Hall–Kier alpha value is -2.19. The smallest absolute Gasteiger partial charge is 0.308 e. The van der Waals surface area contributed by atoms with Crippen LogP contribution in [0.2, 0.25) is 0 Å². The maximum atomic E-state index is 12.5. The Bertz CT molecular complexity index is 911. The number of carbonyl (C=O) groups is 1. The summed E-state index contributed by atoms with van der Waals surface area (Å²) in [5.74, 6) is -4.59. The van der Waals surface area contributed by atoms with Gasteiger partial charge in [-0.25, -0.2) is 16.8 Å². The van der Waals surface area contributed by atoms with Crippen molar-refractivity contribution < 1.29 is 26.7 Å². The van der Waals surface area contributed by atoms with Crippen molar-refractivity contribution in [2.24, 2.45) is 5.92 Å². The summed E-state index contributed by atoms with van der Waals surface area (Å²) in [6, 6.07) is 12.0. The van der Waals surface area contributed by atoms with Crippen LogP contribution < -0.4 is 0 Å². The summed E-state index contributed by atoms with van der Waals surface area (Å²) < 4.78 is 49.9. The third kappa shape index (κ3) is 4.92. The molecular formula is C18H20O6S2. The standard InChI is InChI=1S/C18H20O6S2/c1-13-3-7-16(8-4-13)25(21,22)11-15(18(19)20)12-26(23,24)17-9-5-14(2)6-10-17/h3-10,15H,11-12H2,1-2H3,(H,19,20). The molecule has 8 heteroatoms. The van der Waals surface area contributed by atoms with Crippen LogP contribution in [-0.2, 0) is 24.5 Å². The van der Waals surface area contributed by atoms with E-state index in [2.05, 4.69) is 0 Å². The summed E-state index contributed by atoms with van der Waals surface area (Å²) in [5, 5.41) is 9.35. The molecule has 0 bridgehead atoms. The van der Waals surface area contributed by atoms with E-state index in [4.69, 9.17) is 0 Å². The van der Waals surface area contributed by atoms with E-state index in [0.29, 0.717) is 0 Å². The average Bonchev–Trinajstić information content (AvgIpc) is 2.54. The maximum absolute atomic E-state index is 12.5. The Morgan fingerprint density at radius 2 is 1.08 bits per heavy atom. The van der Waals surface area contributed by atoms with E-state index in [9.17, 15) is 26.7 Å². The molecular weight excluding hydrogens is 376 g/mol. The third-order valence-electron chi connectivity index (χ3n) is 3.95. The second-order valence-electron chi connectivity index (χ2n) is 6.22. The van der Waals surface area contributed by atoms with Gasteiger partial charge in [0.05, 0.1) is 27.2 Å². The van der Waals surface area contributed by atoms with Gasteiger partial charge in [0, 0.05) is 0 Å². The van der Waals surface area contributed by atoms with Crippen molar-refractivity contribution in [1.29, 1.82) is 0 Å². The molecule has 0 aliphatic rings. The minimum atomic E-state index is -3.93. The normalized spacial score (nSPS) is 12.3. The highest BCUT2D eigenvalue weighted by molar-refractivity contribution is 7.92. The fourth-order valence-corrected chi connectivity index (χ4v) is 5.62. The van der Waals surface area contributed by atoms with Crippen LogP contribution in [0, 0.1) is 19.8 Å². The van der Waals surface area contributed by atoms with Crippen LogP contribution in [0.25, 0.3) is 0 Å². The minimum absolute atomic E-state index is 0.0258. The molecule has 0 radical (unpaired) electrons.